The summed E-state index contributed by atoms with van der Waals surface area (Å²) >= 11 is 1.39. The molecule has 1 heterocycles. The first-order chi connectivity index (χ1) is 10.3. The highest BCUT2D eigenvalue weighted by Gasteiger charge is 2.23. The Bertz CT molecular complexity index is 657. The van der Waals surface area contributed by atoms with Crippen LogP contribution >= 0.6 is 11.3 Å². The van der Waals surface area contributed by atoms with Gasteiger partial charge in [0.2, 0.25) is 0 Å². The number of ether oxygens (including phenoxy) is 2. The third-order valence-electron chi connectivity index (χ3n) is 3.14. The second-order valence-corrected chi connectivity index (χ2v) is 5.79. The number of anilines is 1. The highest BCUT2D eigenvalue weighted by molar-refractivity contribution is 7.16. The maximum Gasteiger partial charge on any atom is 0.184 e. The van der Waals surface area contributed by atoms with Crippen molar-refractivity contribution in [1.29, 1.82) is 5.26 Å². The number of nitrogens with one attached hydrogen (secondary N) is 1. The normalized spacial score (nSPS) is 13.5. The summed E-state index contributed by atoms with van der Waals surface area (Å²) in [5, 5.41) is 13.3. The van der Waals surface area contributed by atoms with Crippen molar-refractivity contribution in [1.82, 2.24) is 4.98 Å². The van der Waals surface area contributed by atoms with Crippen molar-refractivity contribution in [2.45, 2.75) is 25.5 Å². The van der Waals surface area contributed by atoms with Crippen LogP contribution in [-0.2, 0) is 6.61 Å². The minimum absolute atomic E-state index is 0.290. The molecule has 1 aliphatic carbocycles. The van der Waals surface area contributed by atoms with Gasteiger partial charge in [0.1, 0.15) is 34.7 Å². The van der Waals surface area contributed by atoms with Gasteiger partial charge in [-0.2, -0.15) is 5.26 Å². The van der Waals surface area contributed by atoms with E-state index in [1.165, 1.54) is 24.2 Å². The van der Waals surface area contributed by atoms with Crippen LogP contribution in [0.1, 0.15) is 23.4 Å². The molecule has 1 aliphatic rings. The van der Waals surface area contributed by atoms with Gasteiger partial charge in [-0.15, -0.1) is 0 Å². The van der Waals surface area contributed by atoms with Gasteiger partial charge in [-0.25, -0.2) is 4.98 Å². The number of benzene rings is 1. The van der Waals surface area contributed by atoms with Gasteiger partial charge >= 0.3 is 0 Å². The molecule has 0 saturated heterocycles. The molecule has 0 amide bonds. The molecule has 0 bridgehead atoms. The molecule has 0 unspecified atom stereocenters. The molecule has 1 saturated carbocycles. The Morgan fingerprint density at radius 3 is 2.67 bits per heavy atom. The molecule has 108 valence electrons. The summed E-state index contributed by atoms with van der Waals surface area (Å²) in [6.45, 7) is 0.290. The summed E-state index contributed by atoms with van der Waals surface area (Å²) in [7, 11) is 1.62. The van der Waals surface area contributed by atoms with Crippen LogP contribution in [0.4, 0.5) is 5.13 Å². The average molecular weight is 301 g/mol. The summed E-state index contributed by atoms with van der Waals surface area (Å²) in [4.78, 5) is 5.05. The zero-order valence-corrected chi connectivity index (χ0v) is 12.4. The lowest BCUT2D eigenvalue weighted by molar-refractivity contribution is 0.301. The van der Waals surface area contributed by atoms with Crippen LogP contribution in [0.25, 0.3) is 0 Å². The van der Waals surface area contributed by atoms with Crippen LogP contribution in [0.5, 0.6) is 11.5 Å². The van der Waals surface area contributed by atoms with Crippen molar-refractivity contribution in [3.63, 3.8) is 0 Å². The lowest BCUT2D eigenvalue weighted by Gasteiger charge is -2.05. The zero-order chi connectivity index (χ0) is 14.7. The van der Waals surface area contributed by atoms with Gasteiger partial charge < -0.3 is 14.8 Å². The number of methoxy groups -OCH3 is 1. The number of aromatic nitrogens is 1. The largest absolute Gasteiger partial charge is 0.497 e. The lowest BCUT2D eigenvalue weighted by atomic mass is 10.3. The van der Waals surface area contributed by atoms with Crippen molar-refractivity contribution in [2.75, 3.05) is 12.4 Å². The number of nitriles is 1. The monoisotopic (exact) mass is 301 g/mol. The summed E-state index contributed by atoms with van der Waals surface area (Å²) in [6.07, 6.45) is 2.36. The fourth-order valence-electron chi connectivity index (χ4n) is 1.82. The van der Waals surface area contributed by atoms with Crippen molar-refractivity contribution in [2.24, 2.45) is 0 Å². The smallest absolute Gasteiger partial charge is 0.184 e. The van der Waals surface area contributed by atoms with Crippen LogP contribution in [0.15, 0.2) is 24.3 Å². The van der Waals surface area contributed by atoms with E-state index in [2.05, 4.69) is 16.4 Å². The SMILES string of the molecule is COc1ccc(OCc2nc(NC3CC3)sc2C#N)cc1. The average Bonchev–Trinajstić information content (AvgIpc) is 3.24. The summed E-state index contributed by atoms with van der Waals surface area (Å²) in [5.74, 6) is 1.51. The van der Waals surface area contributed by atoms with E-state index < -0.39 is 0 Å². The molecule has 21 heavy (non-hydrogen) atoms. The van der Waals surface area contributed by atoms with E-state index >= 15 is 0 Å². The van der Waals surface area contributed by atoms with Crippen LogP contribution in [0.2, 0.25) is 0 Å². The Balaban J connectivity index is 1.65. The number of hydrogen-bond acceptors (Lipinski definition) is 6. The van der Waals surface area contributed by atoms with Gasteiger partial charge in [-0.05, 0) is 37.1 Å². The number of thiazole rings is 1. The maximum atomic E-state index is 9.17. The highest BCUT2D eigenvalue weighted by Crippen LogP contribution is 2.29. The third-order valence-corrected chi connectivity index (χ3v) is 4.07. The number of hydrogen-bond donors (Lipinski definition) is 1. The third kappa shape index (κ3) is 3.44. The molecule has 3 rings (SSSR count). The second-order valence-electron chi connectivity index (χ2n) is 4.79. The molecule has 1 fully saturated rings. The van der Waals surface area contributed by atoms with Gasteiger partial charge in [0.25, 0.3) is 0 Å². The lowest BCUT2D eigenvalue weighted by Crippen LogP contribution is -2.01. The maximum absolute atomic E-state index is 9.17. The predicted molar refractivity (Wildman–Crippen MR) is 80.8 cm³/mol. The van der Waals surface area contributed by atoms with Crippen LogP contribution in [0, 0.1) is 11.3 Å². The molecule has 0 radical (unpaired) electrons. The van der Waals surface area contributed by atoms with Gasteiger partial charge in [-0.3, -0.25) is 0 Å². The van der Waals surface area contributed by atoms with E-state index in [1.54, 1.807) is 7.11 Å². The van der Waals surface area contributed by atoms with E-state index in [-0.39, 0.29) is 6.61 Å². The summed E-state index contributed by atoms with van der Waals surface area (Å²) in [6, 6.07) is 10.0. The van der Waals surface area contributed by atoms with Crippen LogP contribution in [0.3, 0.4) is 0 Å². The van der Waals surface area contributed by atoms with Gasteiger partial charge in [0, 0.05) is 6.04 Å². The zero-order valence-electron chi connectivity index (χ0n) is 11.6. The highest BCUT2D eigenvalue weighted by atomic mass is 32.1. The van der Waals surface area contributed by atoms with Crippen LogP contribution < -0.4 is 14.8 Å². The Hall–Kier alpha value is -2.26. The predicted octanol–water partition coefficient (Wildman–Crippen LogP) is 3.18. The Morgan fingerprint density at radius 2 is 2.05 bits per heavy atom. The molecule has 6 heteroatoms. The molecule has 1 N–H and O–H groups in total. The molecular weight excluding hydrogens is 286 g/mol. The fraction of sp³-hybridized carbons (Fsp3) is 0.333. The first-order valence-electron chi connectivity index (χ1n) is 6.71. The minimum Gasteiger partial charge on any atom is -0.497 e. The first-order valence-corrected chi connectivity index (χ1v) is 7.53. The van der Waals surface area contributed by atoms with Crippen molar-refractivity contribution in [3.8, 4) is 17.6 Å². The topological polar surface area (TPSA) is 67.2 Å². The van der Waals surface area contributed by atoms with Crippen molar-refractivity contribution in [3.05, 3.63) is 34.8 Å². The molecule has 2 aromatic rings. The first kappa shape index (κ1) is 13.7. The van der Waals surface area contributed by atoms with Crippen molar-refractivity contribution < 1.29 is 9.47 Å². The molecule has 5 nitrogen and oxygen atoms in total. The molecule has 0 atom stereocenters. The fourth-order valence-corrected chi connectivity index (χ4v) is 2.67. The van der Waals surface area contributed by atoms with Gasteiger partial charge in [-0.1, -0.05) is 11.3 Å². The number of rotatable bonds is 6. The van der Waals surface area contributed by atoms with Gasteiger partial charge in [0.05, 0.1) is 7.11 Å². The molecule has 1 aromatic carbocycles. The second kappa shape index (κ2) is 6.02. The van der Waals surface area contributed by atoms with E-state index in [9.17, 15) is 0 Å². The van der Waals surface area contributed by atoms with E-state index in [0.717, 1.165) is 16.6 Å². The number of nitrogens with zero attached hydrogens (tertiary/aromatic N) is 2. The molecule has 1 aromatic heterocycles. The molecular formula is C15H15N3O2S. The standard InChI is InChI=1S/C15H15N3O2S/c1-19-11-4-6-12(7-5-11)20-9-13-14(8-16)21-15(18-13)17-10-2-3-10/h4-7,10H,2-3,9H2,1H3,(H,17,18). The molecule has 0 aliphatic heterocycles. The molecule has 0 spiro atoms. The Morgan fingerprint density at radius 1 is 1.33 bits per heavy atom. The summed E-state index contributed by atoms with van der Waals surface area (Å²) < 4.78 is 10.8. The summed E-state index contributed by atoms with van der Waals surface area (Å²) in [5.41, 5.74) is 0.682. The minimum atomic E-state index is 0.290. The quantitative estimate of drug-likeness (QED) is 0.887. The van der Waals surface area contributed by atoms with Crippen LogP contribution in [-0.4, -0.2) is 18.1 Å². The van der Waals surface area contributed by atoms with E-state index in [1.807, 2.05) is 24.3 Å². The van der Waals surface area contributed by atoms with E-state index in [4.69, 9.17) is 14.7 Å². The Labute approximate surface area is 127 Å². The van der Waals surface area contributed by atoms with Gasteiger partial charge in [0.15, 0.2) is 5.13 Å². The van der Waals surface area contributed by atoms with Crippen molar-refractivity contribution >= 4 is 16.5 Å². The Kier molecular flexibility index (Phi) is 3.93. The van der Waals surface area contributed by atoms with E-state index in [0.29, 0.717) is 16.6 Å².